The van der Waals surface area contributed by atoms with E-state index in [1.165, 1.54) is 18.2 Å². The Balaban J connectivity index is 2.03. The molecule has 1 saturated heterocycles. The quantitative estimate of drug-likeness (QED) is 0.782. The minimum Gasteiger partial charge on any atom is -0.324 e. The fourth-order valence-electron chi connectivity index (χ4n) is 2.26. The average Bonchev–Trinajstić information content (AvgIpc) is 2.36. The lowest BCUT2D eigenvalue weighted by atomic mass is 9.98. The normalized spacial score (nSPS) is 19.5. The maximum absolute atomic E-state index is 12.7. The van der Waals surface area contributed by atoms with Gasteiger partial charge in [0.2, 0.25) is 0 Å². The summed E-state index contributed by atoms with van der Waals surface area (Å²) in [7, 11) is 0. The molecule has 1 aromatic carbocycles. The first-order chi connectivity index (χ1) is 9.75. The summed E-state index contributed by atoms with van der Waals surface area (Å²) in [6.45, 7) is -0.0314. The molecule has 0 spiro atoms. The second-order valence-electron chi connectivity index (χ2n) is 4.92. The van der Waals surface area contributed by atoms with Gasteiger partial charge in [0.1, 0.15) is 0 Å². The van der Waals surface area contributed by atoms with Gasteiger partial charge in [0.05, 0.1) is 5.92 Å². The van der Waals surface area contributed by atoms with E-state index in [2.05, 4.69) is 5.32 Å². The van der Waals surface area contributed by atoms with Crippen molar-refractivity contribution in [1.82, 2.24) is 4.90 Å². The van der Waals surface area contributed by atoms with Crippen molar-refractivity contribution in [2.45, 2.75) is 19.0 Å². The summed E-state index contributed by atoms with van der Waals surface area (Å²) in [6.07, 6.45) is -3.90. The molecule has 1 heterocycles. The van der Waals surface area contributed by atoms with Crippen molar-refractivity contribution in [2.24, 2.45) is 5.92 Å². The molecule has 3 nitrogen and oxygen atoms in total. The highest BCUT2D eigenvalue weighted by Crippen LogP contribution is 2.33. The number of rotatable bonds is 1. The highest BCUT2D eigenvalue weighted by molar-refractivity contribution is 6.35. The molecule has 0 unspecified atom stereocenters. The van der Waals surface area contributed by atoms with E-state index in [9.17, 15) is 18.0 Å². The Morgan fingerprint density at radius 1 is 1.24 bits per heavy atom. The first-order valence-electron chi connectivity index (χ1n) is 6.34. The number of nitrogens with zero attached hydrogens (tertiary/aromatic N) is 1. The van der Waals surface area contributed by atoms with E-state index < -0.39 is 18.1 Å². The number of hydrogen-bond acceptors (Lipinski definition) is 1. The van der Waals surface area contributed by atoms with Crippen LogP contribution in [-0.2, 0) is 0 Å². The van der Waals surface area contributed by atoms with Gasteiger partial charge in [-0.05, 0) is 31.0 Å². The molecule has 1 aliphatic heterocycles. The number of hydrogen-bond donors (Lipinski definition) is 1. The van der Waals surface area contributed by atoms with Crippen LogP contribution in [0, 0.1) is 5.92 Å². The second kappa shape index (κ2) is 6.32. The van der Waals surface area contributed by atoms with Crippen LogP contribution in [0.1, 0.15) is 12.8 Å². The first-order valence-corrected chi connectivity index (χ1v) is 7.10. The number of halogens is 5. The van der Waals surface area contributed by atoms with Crippen molar-refractivity contribution in [2.75, 3.05) is 18.4 Å². The number of nitrogens with one attached hydrogen (secondary N) is 1. The van der Waals surface area contributed by atoms with Crippen LogP contribution in [0.15, 0.2) is 18.2 Å². The van der Waals surface area contributed by atoms with Crippen molar-refractivity contribution in [3.8, 4) is 0 Å². The van der Waals surface area contributed by atoms with E-state index in [1.807, 2.05) is 0 Å². The van der Waals surface area contributed by atoms with Crippen molar-refractivity contribution in [3.05, 3.63) is 28.2 Å². The number of benzene rings is 1. The Labute approximate surface area is 130 Å². The van der Waals surface area contributed by atoms with Gasteiger partial charge in [0.15, 0.2) is 0 Å². The van der Waals surface area contributed by atoms with Gasteiger partial charge in [-0.25, -0.2) is 4.79 Å². The smallest absolute Gasteiger partial charge is 0.324 e. The van der Waals surface area contributed by atoms with Gasteiger partial charge >= 0.3 is 12.2 Å². The van der Waals surface area contributed by atoms with Crippen molar-refractivity contribution in [1.29, 1.82) is 0 Å². The summed E-state index contributed by atoms with van der Waals surface area (Å²) >= 11 is 11.6. The number of carbonyl (C=O) groups is 1. The van der Waals surface area contributed by atoms with Crippen LogP contribution in [0.3, 0.4) is 0 Å². The monoisotopic (exact) mass is 340 g/mol. The molecule has 0 aliphatic carbocycles. The minimum absolute atomic E-state index is 0.0519. The number of anilines is 1. The summed E-state index contributed by atoms with van der Waals surface area (Å²) in [6, 6.07) is 3.88. The Morgan fingerprint density at radius 3 is 2.43 bits per heavy atom. The van der Waals surface area contributed by atoms with Gasteiger partial charge in [0.25, 0.3) is 0 Å². The SMILES string of the molecule is O=C(Nc1cc(Cl)cc(Cl)c1)N1CCC[C@H](C(F)(F)F)C1. The molecule has 1 N–H and O–H groups in total. The Kier molecular flexibility index (Phi) is 4.88. The fourth-order valence-corrected chi connectivity index (χ4v) is 2.78. The van der Waals surface area contributed by atoms with Crippen LogP contribution in [0.25, 0.3) is 0 Å². The van der Waals surface area contributed by atoms with Crippen molar-refractivity contribution < 1.29 is 18.0 Å². The standard InChI is InChI=1S/C13H13Cl2F3N2O/c14-9-4-10(15)6-11(5-9)19-12(21)20-3-1-2-8(7-20)13(16,17)18/h4-6,8H,1-3,7H2,(H,19,21)/t8-/m0/s1. The van der Waals surface area contributed by atoms with Crippen LogP contribution in [0.4, 0.5) is 23.7 Å². The number of carbonyl (C=O) groups excluding carboxylic acids is 1. The van der Waals surface area contributed by atoms with E-state index in [1.54, 1.807) is 0 Å². The van der Waals surface area contributed by atoms with Gasteiger partial charge in [-0.1, -0.05) is 23.2 Å². The van der Waals surface area contributed by atoms with Gasteiger partial charge in [-0.15, -0.1) is 0 Å². The third-order valence-electron chi connectivity index (χ3n) is 3.29. The van der Waals surface area contributed by atoms with Gasteiger partial charge in [0, 0.05) is 28.8 Å². The number of likely N-dealkylation sites (tertiary alicyclic amines) is 1. The van der Waals surface area contributed by atoms with E-state index >= 15 is 0 Å². The lowest BCUT2D eigenvalue weighted by molar-refractivity contribution is -0.183. The van der Waals surface area contributed by atoms with E-state index in [4.69, 9.17) is 23.2 Å². The molecule has 0 radical (unpaired) electrons. The lowest BCUT2D eigenvalue weighted by Crippen LogP contribution is -2.46. The van der Waals surface area contributed by atoms with E-state index in [0.29, 0.717) is 28.7 Å². The molecule has 1 aromatic rings. The molecule has 0 saturated carbocycles. The van der Waals surface area contributed by atoms with Gasteiger partial charge in [-0.2, -0.15) is 13.2 Å². The van der Waals surface area contributed by atoms with Crippen LogP contribution >= 0.6 is 23.2 Å². The molecule has 0 aromatic heterocycles. The Bertz CT molecular complexity index is 516. The van der Waals surface area contributed by atoms with Crippen molar-refractivity contribution in [3.63, 3.8) is 0 Å². The Morgan fingerprint density at radius 2 is 1.86 bits per heavy atom. The molecule has 0 bridgehead atoms. The maximum Gasteiger partial charge on any atom is 0.393 e. The molecule has 1 aliphatic rings. The van der Waals surface area contributed by atoms with E-state index in [-0.39, 0.29) is 13.0 Å². The zero-order chi connectivity index (χ0) is 15.6. The minimum atomic E-state index is -4.28. The number of urea groups is 1. The molecule has 21 heavy (non-hydrogen) atoms. The summed E-state index contributed by atoms with van der Waals surface area (Å²) in [5.41, 5.74) is 0.353. The first kappa shape index (κ1) is 16.2. The third-order valence-corrected chi connectivity index (χ3v) is 3.72. The molecule has 8 heteroatoms. The van der Waals surface area contributed by atoms with Crippen molar-refractivity contribution >= 4 is 34.9 Å². The number of alkyl halides is 3. The number of piperidine rings is 1. The zero-order valence-corrected chi connectivity index (χ0v) is 12.4. The molecule has 116 valence electrons. The summed E-state index contributed by atoms with van der Waals surface area (Å²) < 4.78 is 38.2. The average molecular weight is 341 g/mol. The highest BCUT2D eigenvalue weighted by atomic mass is 35.5. The molecule has 1 atom stereocenters. The van der Waals surface area contributed by atoms with Crippen LogP contribution in [0.5, 0.6) is 0 Å². The van der Waals surface area contributed by atoms with Gasteiger partial charge < -0.3 is 10.2 Å². The summed E-state index contributed by atoms with van der Waals surface area (Å²) in [5.74, 6) is -1.47. The predicted octanol–water partition coefficient (Wildman–Crippen LogP) is 4.80. The molecule has 1 fully saturated rings. The zero-order valence-electron chi connectivity index (χ0n) is 10.9. The number of amides is 2. The molecule has 2 rings (SSSR count). The fraction of sp³-hybridized carbons (Fsp3) is 0.462. The Hall–Kier alpha value is -1.14. The summed E-state index contributed by atoms with van der Waals surface area (Å²) in [5, 5.41) is 3.19. The molecular formula is C13H13Cl2F3N2O. The van der Waals surface area contributed by atoms with Crippen LogP contribution in [-0.4, -0.2) is 30.2 Å². The molecule has 2 amide bonds. The largest absolute Gasteiger partial charge is 0.393 e. The topological polar surface area (TPSA) is 32.3 Å². The van der Waals surface area contributed by atoms with Crippen LogP contribution in [0.2, 0.25) is 10.0 Å². The predicted molar refractivity (Wildman–Crippen MR) is 75.8 cm³/mol. The highest BCUT2D eigenvalue weighted by Gasteiger charge is 2.42. The van der Waals surface area contributed by atoms with E-state index in [0.717, 1.165) is 4.90 Å². The van der Waals surface area contributed by atoms with Gasteiger partial charge in [-0.3, -0.25) is 0 Å². The maximum atomic E-state index is 12.7. The van der Waals surface area contributed by atoms with Crippen LogP contribution < -0.4 is 5.32 Å². The second-order valence-corrected chi connectivity index (χ2v) is 5.79. The molecular weight excluding hydrogens is 328 g/mol. The third kappa shape index (κ3) is 4.41. The summed E-state index contributed by atoms with van der Waals surface area (Å²) in [4.78, 5) is 13.2. The lowest BCUT2D eigenvalue weighted by Gasteiger charge is -2.33.